The smallest absolute Gasteiger partial charge is 0.243 e. The lowest BCUT2D eigenvalue weighted by Gasteiger charge is -2.27. The van der Waals surface area contributed by atoms with Crippen molar-refractivity contribution in [2.45, 2.75) is 19.6 Å². The van der Waals surface area contributed by atoms with Crippen LogP contribution in [0.1, 0.15) is 11.1 Å². The predicted molar refractivity (Wildman–Crippen MR) is 106 cm³/mol. The van der Waals surface area contributed by atoms with Crippen LogP contribution < -0.4 is 5.32 Å². The highest BCUT2D eigenvalue weighted by Crippen LogP contribution is 2.19. The van der Waals surface area contributed by atoms with Gasteiger partial charge in [0.15, 0.2) is 0 Å². The highest BCUT2D eigenvalue weighted by molar-refractivity contribution is 7.13. The van der Waals surface area contributed by atoms with Gasteiger partial charge in [0.05, 0.1) is 18.1 Å². The van der Waals surface area contributed by atoms with Crippen LogP contribution in [0.15, 0.2) is 41.8 Å². The van der Waals surface area contributed by atoms with E-state index in [0.717, 1.165) is 43.3 Å². The summed E-state index contributed by atoms with van der Waals surface area (Å²) in [6.07, 6.45) is 0. The molecule has 0 bridgehead atoms. The normalized spacial score (nSPS) is 14.9. The zero-order chi connectivity index (χ0) is 19.2. The first-order chi connectivity index (χ1) is 13.8. The van der Waals surface area contributed by atoms with Gasteiger partial charge in [0.1, 0.15) is 6.54 Å². The summed E-state index contributed by atoms with van der Waals surface area (Å²) in [5, 5.41) is 17.2. The highest BCUT2D eigenvalue weighted by Gasteiger charge is 2.14. The molecule has 1 aliphatic heterocycles. The van der Waals surface area contributed by atoms with Crippen molar-refractivity contribution in [3.8, 4) is 10.7 Å². The van der Waals surface area contributed by atoms with E-state index in [1.54, 1.807) is 11.3 Å². The number of hydrogen-bond donors (Lipinski definition) is 1. The molecule has 1 amide bonds. The van der Waals surface area contributed by atoms with Gasteiger partial charge in [-0.2, -0.15) is 4.80 Å². The van der Waals surface area contributed by atoms with Gasteiger partial charge in [0.25, 0.3) is 0 Å². The Balaban J connectivity index is 1.32. The lowest BCUT2D eigenvalue weighted by Crippen LogP contribution is -2.36. The third-order valence-corrected chi connectivity index (χ3v) is 5.44. The second-order valence-corrected chi connectivity index (χ2v) is 7.50. The van der Waals surface area contributed by atoms with Crippen molar-refractivity contribution < 1.29 is 9.53 Å². The van der Waals surface area contributed by atoms with Crippen molar-refractivity contribution in [3.05, 3.63) is 52.9 Å². The molecule has 28 heavy (non-hydrogen) atoms. The highest BCUT2D eigenvalue weighted by atomic mass is 32.1. The van der Waals surface area contributed by atoms with E-state index in [2.05, 4.69) is 37.8 Å². The first-order valence-electron chi connectivity index (χ1n) is 9.23. The Bertz CT molecular complexity index is 905. The van der Waals surface area contributed by atoms with Crippen LogP contribution in [0.5, 0.6) is 0 Å². The molecule has 8 nitrogen and oxygen atoms in total. The van der Waals surface area contributed by atoms with Gasteiger partial charge in [0.2, 0.25) is 11.7 Å². The molecule has 1 fully saturated rings. The number of ether oxygens (including phenoxy) is 1. The fraction of sp³-hybridized carbons (Fsp3) is 0.368. The number of tetrazole rings is 1. The summed E-state index contributed by atoms with van der Waals surface area (Å²) in [6, 6.07) is 12.1. The van der Waals surface area contributed by atoms with E-state index < -0.39 is 0 Å². The van der Waals surface area contributed by atoms with E-state index >= 15 is 0 Å². The van der Waals surface area contributed by atoms with Gasteiger partial charge in [-0.25, -0.2) is 0 Å². The second-order valence-electron chi connectivity index (χ2n) is 6.55. The van der Waals surface area contributed by atoms with Gasteiger partial charge in [-0.1, -0.05) is 30.3 Å². The maximum Gasteiger partial charge on any atom is 0.243 e. The monoisotopic (exact) mass is 398 g/mol. The molecule has 1 aromatic carbocycles. The minimum atomic E-state index is -0.142. The molecule has 146 valence electrons. The molecule has 9 heteroatoms. The summed E-state index contributed by atoms with van der Waals surface area (Å²) in [7, 11) is 0. The molecule has 4 rings (SSSR count). The SMILES string of the molecule is O=C(Cn1nnc(-c2cccs2)n1)NCc1ccccc1CN1CCOCC1. The van der Waals surface area contributed by atoms with E-state index in [-0.39, 0.29) is 12.5 Å². The van der Waals surface area contributed by atoms with Gasteiger partial charge in [0, 0.05) is 26.2 Å². The summed E-state index contributed by atoms with van der Waals surface area (Å²) >= 11 is 1.54. The Morgan fingerprint density at radius 3 is 2.75 bits per heavy atom. The molecule has 0 radical (unpaired) electrons. The molecule has 3 heterocycles. The van der Waals surface area contributed by atoms with Crippen LogP contribution in [0, 0.1) is 0 Å². The standard InChI is InChI=1S/C19H22N6O2S/c26-18(14-25-22-19(21-23-25)17-6-3-11-28-17)20-12-15-4-1-2-5-16(15)13-24-7-9-27-10-8-24/h1-6,11H,7-10,12-14H2,(H,20,26). The quantitative estimate of drug-likeness (QED) is 0.650. The maximum absolute atomic E-state index is 12.3. The van der Waals surface area contributed by atoms with E-state index in [1.165, 1.54) is 10.4 Å². The second kappa shape index (κ2) is 9.05. The van der Waals surface area contributed by atoms with Crippen LogP contribution in [-0.2, 0) is 29.2 Å². The predicted octanol–water partition coefficient (Wildman–Crippen LogP) is 1.55. The van der Waals surface area contributed by atoms with E-state index in [0.29, 0.717) is 12.4 Å². The Morgan fingerprint density at radius 2 is 1.96 bits per heavy atom. The molecule has 0 saturated carbocycles. The van der Waals surface area contributed by atoms with Crippen LogP contribution in [0.3, 0.4) is 0 Å². The number of rotatable bonds is 7. The van der Waals surface area contributed by atoms with Crippen LogP contribution in [0.25, 0.3) is 10.7 Å². The first-order valence-corrected chi connectivity index (χ1v) is 10.1. The van der Waals surface area contributed by atoms with Gasteiger partial charge < -0.3 is 10.1 Å². The maximum atomic E-state index is 12.3. The number of nitrogens with one attached hydrogen (secondary N) is 1. The molecule has 0 unspecified atom stereocenters. The number of amides is 1. The van der Waals surface area contributed by atoms with Crippen molar-refractivity contribution in [2.75, 3.05) is 26.3 Å². The molecule has 1 saturated heterocycles. The summed E-state index contributed by atoms with van der Waals surface area (Å²) in [5.74, 6) is 0.398. The zero-order valence-electron chi connectivity index (χ0n) is 15.5. The van der Waals surface area contributed by atoms with Crippen molar-refractivity contribution in [1.82, 2.24) is 30.4 Å². The van der Waals surface area contributed by atoms with Crippen LogP contribution in [0.2, 0.25) is 0 Å². The van der Waals surface area contributed by atoms with Crippen LogP contribution in [-0.4, -0.2) is 57.3 Å². The summed E-state index contributed by atoms with van der Waals surface area (Å²) in [5.41, 5.74) is 2.34. The Hall–Kier alpha value is -2.62. The first kappa shape index (κ1) is 18.7. The number of carbonyl (C=O) groups is 1. The number of aromatic nitrogens is 4. The molecule has 0 atom stereocenters. The average Bonchev–Trinajstić information content (AvgIpc) is 3.40. The summed E-state index contributed by atoms with van der Waals surface area (Å²) in [6.45, 7) is 4.81. The van der Waals surface area contributed by atoms with Crippen molar-refractivity contribution in [1.29, 1.82) is 0 Å². The summed E-state index contributed by atoms with van der Waals surface area (Å²) < 4.78 is 5.41. The van der Waals surface area contributed by atoms with Crippen LogP contribution >= 0.6 is 11.3 Å². The molecule has 3 aromatic rings. The number of benzene rings is 1. The van der Waals surface area contributed by atoms with Gasteiger partial charge in [-0.3, -0.25) is 9.69 Å². The van der Waals surface area contributed by atoms with Gasteiger partial charge >= 0.3 is 0 Å². The zero-order valence-corrected chi connectivity index (χ0v) is 16.3. The van der Waals surface area contributed by atoms with E-state index in [4.69, 9.17) is 4.74 Å². The molecular weight excluding hydrogens is 376 g/mol. The molecular formula is C19H22N6O2S. The lowest BCUT2D eigenvalue weighted by atomic mass is 10.1. The third kappa shape index (κ3) is 4.80. The van der Waals surface area contributed by atoms with Gasteiger partial charge in [-0.05, 0) is 27.8 Å². The Kier molecular flexibility index (Phi) is 6.05. The minimum absolute atomic E-state index is 0.0456. The fourth-order valence-electron chi connectivity index (χ4n) is 3.08. The molecule has 0 aliphatic carbocycles. The van der Waals surface area contributed by atoms with Crippen molar-refractivity contribution >= 4 is 17.2 Å². The number of thiophene rings is 1. The van der Waals surface area contributed by atoms with Crippen LogP contribution in [0.4, 0.5) is 0 Å². The Morgan fingerprint density at radius 1 is 1.14 bits per heavy atom. The lowest BCUT2D eigenvalue weighted by molar-refractivity contribution is -0.122. The largest absolute Gasteiger partial charge is 0.379 e. The van der Waals surface area contributed by atoms with E-state index in [9.17, 15) is 4.79 Å². The number of morpholine rings is 1. The number of hydrogen-bond acceptors (Lipinski definition) is 7. The van der Waals surface area contributed by atoms with Crippen molar-refractivity contribution in [2.24, 2.45) is 0 Å². The summed E-state index contributed by atoms with van der Waals surface area (Å²) in [4.78, 5) is 16.9. The Labute approximate surface area is 167 Å². The molecule has 1 aliphatic rings. The average molecular weight is 398 g/mol. The minimum Gasteiger partial charge on any atom is -0.379 e. The topological polar surface area (TPSA) is 85.2 Å². The molecule has 1 N–H and O–H groups in total. The van der Waals surface area contributed by atoms with E-state index in [1.807, 2.05) is 29.6 Å². The molecule has 2 aromatic heterocycles. The fourth-order valence-corrected chi connectivity index (χ4v) is 3.73. The number of nitrogens with zero attached hydrogens (tertiary/aromatic N) is 5. The molecule has 0 spiro atoms. The number of carbonyl (C=O) groups excluding carboxylic acids is 1. The van der Waals surface area contributed by atoms with Crippen molar-refractivity contribution in [3.63, 3.8) is 0 Å². The third-order valence-electron chi connectivity index (χ3n) is 4.57. The van der Waals surface area contributed by atoms with Gasteiger partial charge in [-0.15, -0.1) is 21.5 Å².